The summed E-state index contributed by atoms with van der Waals surface area (Å²) in [4.78, 5) is 34.6. The molecule has 0 aliphatic carbocycles. The van der Waals surface area contributed by atoms with Crippen LogP contribution in [-0.4, -0.2) is 47.4 Å². The summed E-state index contributed by atoms with van der Waals surface area (Å²) in [6.45, 7) is 3.09. The predicted octanol–water partition coefficient (Wildman–Crippen LogP) is 4.33. The average molecular weight is 483 g/mol. The molecule has 0 spiro atoms. The number of benzene rings is 2. The van der Waals surface area contributed by atoms with Crippen LogP contribution in [-0.2, 0) is 25.5 Å². The number of nitrogens with one attached hydrogen (secondary N) is 1. The number of amides is 1. The maximum Gasteiger partial charge on any atom is 0.413 e. The Morgan fingerprint density at radius 1 is 0.941 bits per heavy atom. The van der Waals surface area contributed by atoms with Gasteiger partial charge in [0.25, 0.3) is 5.91 Å². The van der Waals surface area contributed by atoms with Gasteiger partial charge in [-0.2, -0.15) is 17.6 Å². The van der Waals surface area contributed by atoms with Crippen molar-refractivity contribution in [2.45, 2.75) is 44.6 Å². The smallest absolute Gasteiger partial charge is 0.413 e. The minimum absolute atomic E-state index is 0.0702. The molecule has 2 aromatic rings. The Morgan fingerprint density at radius 3 is 2.03 bits per heavy atom. The van der Waals surface area contributed by atoms with E-state index in [4.69, 9.17) is 9.84 Å². The molecule has 0 bridgehead atoms. The highest BCUT2D eigenvalue weighted by molar-refractivity contribution is 5.92. The van der Waals surface area contributed by atoms with Crippen LogP contribution < -0.4 is 5.32 Å². The SMILES string of the molecule is CCOC(=O)[C@H](C)C[C@@H](Cc1ccc(-c2ccccc2)cc1)NC(=O)C(F)(F)C(F)(F)C(=O)O. The van der Waals surface area contributed by atoms with E-state index in [0.29, 0.717) is 5.56 Å². The summed E-state index contributed by atoms with van der Waals surface area (Å²) < 4.78 is 59.7. The fourth-order valence-corrected chi connectivity index (χ4v) is 3.30. The van der Waals surface area contributed by atoms with Crippen LogP contribution in [0.25, 0.3) is 11.1 Å². The highest BCUT2D eigenvalue weighted by Crippen LogP contribution is 2.35. The molecular formula is C24H25F4NO5. The fraction of sp³-hybridized carbons (Fsp3) is 0.375. The normalized spacial score (nSPS) is 13.6. The molecule has 2 atom stereocenters. The van der Waals surface area contributed by atoms with Gasteiger partial charge in [-0.05, 0) is 36.5 Å². The van der Waals surface area contributed by atoms with Gasteiger partial charge in [0, 0.05) is 6.04 Å². The van der Waals surface area contributed by atoms with Crippen LogP contribution in [0.4, 0.5) is 17.6 Å². The third kappa shape index (κ3) is 6.33. The molecule has 0 saturated heterocycles. The summed E-state index contributed by atoms with van der Waals surface area (Å²) in [6, 6.07) is 15.1. The molecule has 0 radical (unpaired) electrons. The van der Waals surface area contributed by atoms with Crippen molar-refractivity contribution in [3.8, 4) is 11.1 Å². The summed E-state index contributed by atoms with van der Waals surface area (Å²) in [5.74, 6) is -18.2. The lowest BCUT2D eigenvalue weighted by Gasteiger charge is -2.26. The number of halogens is 4. The van der Waals surface area contributed by atoms with Crippen molar-refractivity contribution in [1.29, 1.82) is 0 Å². The van der Waals surface area contributed by atoms with Crippen molar-refractivity contribution in [1.82, 2.24) is 5.32 Å². The second kappa shape index (κ2) is 11.1. The zero-order valence-corrected chi connectivity index (χ0v) is 18.6. The lowest BCUT2D eigenvalue weighted by atomic mass is 9.94. The van der Waals surface area contributed by atoms with E-state index in [2.05, 4.69) is 0 Å². The zero-order valence-electron chi connectivity index (χ0n) is 18.6. The van der Waals surface area contributed by atoms with Gasteiger partial charge in [-0.3, -0.25) is 9.59 Å². The first kappa shape index (κ1) is 26.8. The van der Waals surface area contributed by atoms with E-state index in [0.717, 1.165) is 11.1 Å². The number of carboxylic acid groups (broad SMARTS) is 1. The van der Waals surface area contributed by atoms with E-state index >= 15 is 0 Å². The topological polar surface area (TPSA) is 92.7 Å². The second-order valence-corrected chi connectivity index (χ2v) is 7.78. The lowest BCUT2D eigenvalue weighted by molar-refractivity contribution is -0.222. The number of carbonyl (C=O) groups is 3. The molecule has 0 aliphatic rings. The van der Waals surface area contributed by atoms with E-state index in [1.165, 1.54) is 6.92 Å². The first-order chi connectivity index (χ1) is 15.9. The van der Waals surface area contributed by atoms with Crippen LogP contribution in [0.2, 0.25) is 0 Å². The highest BCUT2D eigenvalue weighted by atomic mass is 19.3. The predicted molar refractivity (Wildman–Crippen MR) is 115 cm³/mol. The molecule has 6 nitrogen and oxygen atoms in total. The van der Waals surface area contributed by atoms with Gasteiger partial charge in [0.2, 0.25) is 0 Å². The summed E-state index contributed by atoms with van der Waals surface area (Å²) in [6.07, 6.45) is -0.265. The Labute approximate surface area is 193 Å². The Morgan fingerprint density at radius 2 is 1.50 bits per heavy atom. The van der Waals surface area contributed by atoms with Crippen LogP contribution in [0.5, 0.6) is 0 Å². The van der Waals surface area contributed by atoms with E-state index in [1.54, 1.807) is 36.5 Å². The Kier molecular flexibility index (Phi) is 8.78. The molecule has 0 saturated carbocycles. The van der Waals surface area contributed by atoms with Crippen molar-refractivity contribution < 1.29 is 41.8 Å². The molecule has 2 N–H and O–H groups in total. The number of rotatable bonds is 11. The molecule has 34 heavy (non-hydrogen) atoms. The van der Waals surface area contributed by atoms with Crippen LogP contribution in [0, 0.1) is 5.92 Å². The number of aliphatic carboxylic acids is 1. The molecule has 2 rings (SSSR count). The first-order valence-corrected chi connectivity index (χ1v) is 10.5. The number of hydrogen-bond acceptors (Lipinski definition) is 4. The van der Waals surface area contributed by atoms with Gasteiger partial charge in [0.15, 0.2) is 0 Å². The highest BCUT2D eigenvalue weighted by Gasteiger charge is 2.67. The maximum atomic E-state index is 14.0. The second-order valence-electron chi connectivity index (χ2n) is 7.78. The van der Waals surface area contributed by atoms with Gasteiger partial charge < -0.3 is 15.2 Å². The van der Waals surface area contributed by atoms with Crippen molar-refractivity contribution in [3.05, 3.63) is 60.2 Å². The number of alkyl halides is 4. The minimum Gasteiger partial charge on any atom is -0.477 e. The molecule has 0 unspecified atom stereocenters. The van der Waals surface area contributed by atoms with Crippen LogP contribution >= 0.6 is 0 Å². The molecule has 0 fully saturated rings. The Bertz CT molecular complexity index is 996. The zero-order chi connectivity index (χ0) is 25.5. The van der Waals surface area contributed by atoms with Gasteiger partial charge in [-0.1, -0.05) is 61.5 Å². The van der Waals surface area contributed by atoms with Crippen LogP contribution in [0.1, 0.15) is 25.8 Å². The number of hydrogen-bond donors (Lipinski definition) is 2. The van der Waals surface area contributed by atoms with Crippen LogP contribution in [0.3, 0.4) is 0 Å². The summed E-state index contributed by atoms with van der Waals surface area (Å²) in [7, 11) is 0. The van der Waals surface area contributed by atoms with Crippen molar-refractivity contribution in [3.63, 3.8) is 0 Å². The van der Waals surface area contributed by atoms with Crippen LogP contribution in [0.15, 0.2) is 54.6 Å². The fourth-order valence-electron chi connectivity index (χ4n) is 3.30. The van der Waals surface area contributed by atoms with Gasteiger partial charge in [0.05, 0.1) is 12.5 Å². The number of ether oxygens (including phenoxy) is 1. The molecule has 1 amide bonds. The summed E-state index contributed by atoms with van der Waals surface area (Å²) in [5.41, 5.74) is 2.39. The van der Waals surface area contributed by atoms with E-state index in [1.807, 2.05) is 30.3 Å². The summed E-state index contributed by atoms with van der Waals surface area (Å²) >= 11 is 0. The third-order valence-corrected chi connectivity index (χ3v) is 5.15. The van der Waals surface area contributed by atoms with Gasteiger partial charge in [0.1, 0.15) is 0 Å². The van der Waals surface area contributed by atoms with Gasteiger partial charge >= 0.3 is 23.8 Å². The Hall–Kier alpha value is -3.43. The van der Waals surface area contributed by atoms with E-state index < -0.39 is 41.7 Å². The first-order valence-electron chi connectivity index (χ1n) is 10.5. The largest absolute Gasteiger partial charge is 0.477 e. The number of carbonyl (C=O) groups excluding carboxylic acids is 2. The van der Waals surface area contributed by atoms with E-state index in [9.17, 15) is 31.9 Å². The minimum atomic E-state index is -5.61. The van der Waals surface area contributed by atoms with Gasteiger partial charge in [-0.15, -0.1) is 0 Å². The van der Waals surface area contributed by atoms with Crippen molar-refractivity contribution in [2.75, 3.05) is 6.61 Å². The third-order valence-electron chi connectivity index (χ3n) is 5.15. The van der Waals surface area contributed by atoms with Gasteiger partial charge in [-0.25, -0.2) is 4.79 Å². The Balaban J connectivity index is 2.24. The lowest BCUT2D eigenvalue weighted by Crippen LogP contribution is -2.58. The standard InChI is InChI=1S/C24H25F4NO5/c1-3-34-20(30)15(2)13-19(29-21(31)23(25,26)24(27,28)22(32)33)14-16-9-11-18(12-10-16)17-7-5-4-6-8-17/h4-12,15,19H,3,13-14H2,1-2H3,(H,29,31)(H,32,33)/t15-,19+/m1/s1. The molecule has 10 heteroatoms. The van der Waals surface area contributed by atoms with Crippen molar-refractivity contribution in [2.24, 2.45) is 5.92 Å². The molecule has 2 aromatic carbocycles. The number of esters is 1. The molecule has 0 aliphatic heterocycles. The van der Waals surface area contributed by atoms with Crippen molar-refractivity contribution >= 4 is 17.8 Å². The maximum absolute atomic E-state index is 14.0. The molecule has 0 aromatic heterocycles. The average Bonchev–Trinajstić information content (AvgIpc) is 2.79. The number of carboxylic acids is 1. The monoisotopic (exact) mass is 483 g/mol. The molecule has 0 heterocycles. The summed E-state index contributed by atoms with van der Waals surface area (Å²) in [5, 5.41) is 10.2. The quantitative estimate of drug-likeness (QED) is 0.367. The van der Waals surface area contributed by atoms with E-state index in [-0.39, 0.29) is 19.4 Å². The molecule has 184 valence electrons. The molecular weight excluding hydrogens is 458 g/mol.